The summed E-state index contributed by atoms with van der Waals surface area (Å²) in [4.78, 5) is 6.36. The standard InChI is InChI=1S/C35H30F2N4O2S/c1-24-13-15-29(16-14-24)44(42,43)41-25(2)19-30-33(17-18-38-35(30)41)39-34-31(36)20-28(21-32(34)37)40(22-26-9-5-3-6-10-26)23-27-11-7-4-8-12-27/h3-21H,22-23H2,1-2H3,(H,38,39). The molecule has 0 atom stereocenters. The van der Waals surface area contributed by atoms with E-state index in [-0.39, 0.29) is 16.2 Å². The Morgan fingerprint density at radius 1 is 0.773 bits per heavy atom. The monoisotopic (exact) mass is 608 g/mol. The van der Waals surface area contributed by atoms with E-state index in [0.717, 1.165) is 20.7 Å². The van der Waals surface area contributed by atoms with Crippen LogP contribution >= 0.6 is 0 Å². The molecule has 0 saturated heterocycles. The number of aryl methyl sites for hydroxylation is 2. The van der Waals surface area contributed by atoms with Gasteiger partial charge in [-0.3, -0.25) is 0 Å². The van der Waals surface area contributed by atoms with Gasteiger partial charge in [0.05, 0.1) is 10.6 Å². The van der Waals surface area contributed by atoms with E-state index >= 15 is 8.78 Å². The summed E-state index contributed by atoms with van der Waals surface area (Å²) in [6.45, 7) is 4.44. The molecule has 0 bridgehead atoms. The van der Waals surface area contributed by atoms with Crippen LogP contribution < -0.4 is 10.2 Å². The van der Waals surface area contributed by atoms with E-state index < -0.39 is 21.7 Å². The van der Waals surface area contributed by atoms with Crippen molar-refractivity contribution >= 4 is 38.1 Å². The average Bonchev–Trinajstić information content (AvgIpc) is 3.37. The maximum Gasteiger partial charge on any atom is 0.269 e. The zero-order chi connectivity index (χ0) is 30.8. The van der Waals surface area contributed by atoms with E-state index in [0.29, 0.717) is 35.5 Å². The second-order valence-electron chi connectivity index (χ2n) is 10.7. The molecule has 0 aliphatic carbocycles. The van der Waals surface area contributed by atoms with Crippen molar-refractivity contribution in [2.24, 2.45) is 0 Å². The number of halogens is 2. The number of rotatable bonds is 9. The van der Waals surface area contributed by atoms with E-state index in [1.807, 2.05) is 72.5 Å². The SMILES string of the molecule is Cc1ccc(S(=O)(=O)n2c(C)cc3c(Nc4c(F)cc(N(Cc5ccccc5)Cc5ccccc5)cc4F)ccnc32)cc1. The molecular weight excluding hydrogens is 578 g/mol. The lowest BCUT2D eigenvalue weighted by atomic mass is 10.1. The summed E-state index contributed by atoms with van der Waals surface area (Å²) in [6, 6.07) is 31.8. The predicted octanol–water partition coefficient (Wildman–Crippen LogP) is 8.12. The number of hydrogen-bond acceptors (Lipinski definition) is 5. The van der Waals surface area contributed by atoms with Gasteiger partial charge in [0.1, 0.15) is 5.69 Å². The molecule has 6 nitrogen and oxygen atoms in total. The highest BCUT2D eigenvalue weighted by molar-refractivity contribution is 7.90. The van der Waals surface area contributed by atoms with Crippen molar-refractivity contribution in [3.63, 3.8) is 0 Å². The smallest absolute Gasteiger partial charge is 0.269 e. The third-order valence-corrected chi connectivity index (χ3v) is 9.29. The first-order chi connectivity index (χ1) is 21.2. The number of benzene rings is 4. The Morgan fingerprint density at radius 3 is 1.91 bits per heavy atom. The molecule has 0 spiro atoms. The van der Waals surface area contributed by atoms with E-state index in [2.05, 4.69) is 10.3 Å². The summed E-state index contributed by atoms with van der Waals surface area (Å²) in [5.41, 5.74) is 3.89. The largest absolute Gasteiger partial charge is 0.363 e. The van der Waals surface area contributed by atoms with Gasteiger partial charge in [-0.15, -0.1) is 0 Å². The lowest BCUT2D eigenvalue weighted by Crippen LogP contribution is -2.22. The molecule has 6 rings (SSSR count). The molecule has 0 aliphatic rings. The first-order valence-corrected chi connectivity index (χ1v) is 15.5. The van der Waals surface area contributed by atoms with Gasteiger partial charge in [-0.05, 0) is 61.4 Å². The highest BCUT2D eigenvalue weighted by atomic mass is 32.2. The second kappa shape index (κ2) is 11.9. The van der Waals surface area contributed by atoms with Crippen molar-refractivity contribution in [3.8, 4) is 0 Å². The molecule has 0 unspecified atom stereocenters. The van der Waals surface area contributed by atoms with Crippen molar-refractivity contribution < 1.29 is 17.2 Å². The molecule has 9 heteroatoms. The van der Waals surface area contributed by atoms with E-state index in [1.54, 1.807) is 43.3 Å². The van der Waals surface area contributed by atoms with Crippen molar-refractivity contribution in [1.29, 1.82) is 0 Å². The summed E-state index contributed by atoms with van der Waals surface area (Å²) in [5.74, 6) is -1.56. The van der Waals surface area contributed by atoms with E-state index in [4.69, 9.17) is 0 Å². The Balaban J connectivity index is 1.35. The van der Waals surface area contributed by atoms with Crippen molar-refractivity contribution in [2.45, 2.75) is 31.8 Å². The molecule has 4 aromatic carbocycles. The van der Waals surface area contributed by atoms with Crippen LogP contribution in [0.5, 0.6) is 0 Å². The molecule has 2 heterocycles. The summed E-state index contributed by atoms with van der Waals surface area (Å²) in [6.07, 6.45) is 1.41. The van der Waals surface area contributed by atoms with Gasteiger partial charge in [0, 0.05) is 36.1 Å². The van der Waals surface area contributed by atoms with Crippen LogP contribution in [0.15, 0.2) is 120 Å². The van der Waals surface area contributed by atoms with Gasteiger partial charge in [0.25, 0.3) is 10.0 Å². The minimum atomic E-state index is -3.97. The zero-order valence-corrected chi connectivity index (χ0v) is 25.0. The zero-order valence-electron chi connectivity index (χ0n) is 24.2. The molecule has 0 amide bonds. The maximum absolute atomic E-state index is 15.7. The van der Waals surface area contributed by atoms with Crippen LogP contribution in [0.25, 0.3) is 11.0 Å². The minimum Gasteiger partial charge on any atom is -0.363 e. The summed E-state index contributed by atoms with van der Waals surface area (Å²) in [5, 5.41) is 3.29. The average molecular weight is 609 g/mol. The topological polar surface area (TPSA) is 67.2 Å². The summed E-state index contributed by atoms with van der Waals surface area (Å²) in [7, 11) is -3.97. The third kappa shape index (κ3) is 5.78. The maximum atomic E-state index is 15.7. The first kappa shape index (κ1) is 29.1. The molecule has 0 saturated carbocycles. The van der Waals surface area contributed by atoms with Gasteiger partial charge in [-0.25, -0.2) is 26.2 Å². The van der Waals surface area contributed by atoms with Gasteiger partial charge in [0.2, 0.25) is 0 Å². The lowest BCUT2D eigenvalue weighted by molar-refractivity contribution is 0.586. The molecular formula is C35H30F2N4O2S. The lowest BCUT2D eigenvalue weighted by Gasteiger charge is -2.26. The summed E-state index contributed by atoms with van der Waals surface area (Å²) < 4.78 is 59.7. The van der Waals surface area contributed by atoms with Crippen molar-refractivity contribution in [3.05, 3.63) is 149 Å². The minimum absolute atomic E-state index is 0.118. The Labute approximate surface area is 255 Å². The third-order valence-electron chi connectivity index (χ3n) is 7.48. The van der Waals surface area contributed by atoms with Crippen LogP contribution in [0.2, 0.25) is 0 Å². The van der Waals surface area contributed by atoms with Gasteiger partial charge < -0.3 is 10.2 Å². The van der Waals surface area contributed by atoms with Gasteiger partial charge in [0.15, 0.2) is 17.3 Å². The number of aromatic nitrogens is 2. The highest BCUT2D eigenvalue weighted by Crippen LogP contribution is 2.34. The first-order valence-electron chi connectivity index (χ1n) is 14.1. The van der Waals surface area contributed by atoms with Gasteiger partial charge in [-0.1, -0.05) is 78.4 Å². The second-order valence-corrected chi connectivity index (χ2v) is 12.5. The van der Waals surface area contributed by atoms with Crippen LogP contribution in [0.3, 0.4) is 0 Å². The van der Waals surface area contributed by atoms with Gasteiger partial charge in [-0.2, -0.15) is 0 Å². The fourth-order valence-electron chi connectivity index (χ4n) is 5.27. The Kier molecular flexibility index (Phi) is 7.88. The molecule has 0 radical (unpaired) electrons. The highest BCUT2D eigenvalue weighted by Gasteiger charge is 2.24. The summed E-state index contributed by atoms with van der Waals surface area (Å²) >= 11 is 0. The Hall–Kier alpha value is -5.02. The van der Waals surface area contributed by atoms with Gasteiger partial charge >= 0.3 is 0 Å². The normalized spacial score (nSPS) is 11.5. The number of anilines is 3. The van der Waals surface area contributed by atoms with Crippen LogP contribution in [-0.4, -0.2) is 17.4 Å². The van der Waals surface area contributed by atoms with Crippen LogP contribution in [0.4, 0.5) is 25.8 Å². The number of pyridine rings is 1. The van der Waals surface area contributed by atoms with Crippen molar-refractivity contribution in [1.82, 2.24) is 8.96 Å². The fraction of sp³-hybridized carbons (Fsp3) is 0.114. The molecule has 222 valence electrons. The molecule has 6 aromatic rings. The van der Waals surface area contributed by atoms with E-state index in [1.165, 1.54) is 18.3 Å². The van der Waals surface area contributed by atoms with Crippen LogP contribution in [0.1, 0.15) is 22.4 Å². The number of nitrogens with one attached hydrogen (secondary N) is 1. The van der Waals surface area contributed by atoms with Crippen LogP contribution in [0, 0.1) is 25.5 Å². The number of fused-ring (bicyclic) bond motifs is 1. The molecule has 1 N–H and O–H groups in total. The van der Waals surface area contributed by atoms with Crippen LogP contribution in [-0.2, 0) is 23.1 Å². The van der Waals surface area contributed by atoms with Crippen molar-refractivity contribution in [2.75, 3.05) is 10.2 Å². The molecule has 0 fully saturated rings. The quantitative estimate of drug-likeness (QED) is 0.180. The number of hydrogen-bond donors (Lipinski definition) is 1. The molecule has 0 aliphatic heterocycles. The molecule has 44 heavy (non-hydrogen) atoms. The Morgan fingerprint density at radius 2 is 1.34 bits per heavy atom. The van der Waals surface area contributed by atoms with E-state index in [9.17, 15) is 8.42 Å². The molecule has 2 aromatic heterocycles. The predicted molar refractivity (Wildman–Crippen MR) is 171 cm³/mol. The fourth-order valence-corrected chi connectivity index (χ4v) is 6.77. The number of nitrogens with zero attached hydrogens (tertiary/aromatic N) is 3. The Bertz CT molecular complexity index is 1980.